The van der Waals surface area contributed by atoms with Crippen LogP contribution >= 0.6 is 11.6 Å². The maximum atomic E-state index is 6.11. The van der Waals surface area contributed by atoms with Crippen molar-refractivity contribution in [3.8, 4) is 0 Å². The van der Waals surface area contributed by atoms with Gasteiger partial charge in [0.1, 0.15) is 0 Å². The second kappa shape index (κ2) is 4.42. The van der Waals surface area contributed by atoms with Gasteiger partial charge in [0.05, 0.1) is 0 Å². The number of rotatable bonds is 4. The van der Waals surface area contributed by atoms with Crippen molar-refractivity contribution in [3.05, 3.63) is 28.8 Å². The molecule has 0 amide bonds. The van der Waals surface area contributed by atoms with Crippen molar-refractivity contribution in [2.45, 2.75) is 25.3 Å². The first-order valence-corrected chi connectivity index (χ1v) is 5.79. The van der Waals surface area contributed by atoms with E-state index in [1.165, 1.54) is 18.4 Å². The molecule has 0 heterocycles. The Morgan fingerprint density at radius 1 is 1.47 bits per heavy atom. The van der Waals surface area contributed by atoms with Gasteiger partial charge in [-0.25, -0.2) is 0 Å². The Balaban J connectivity index is 1.92. The van der Waals surface area contributed by atoms with E-state index in [0.717, 1.165) is 29.7 Å². The fourth-order valence-electron chi connectivity index (χ4n) is 1.76. The van der Waals surface area contributed by atoms with Gasteiger partial charge in [0, 0.05) is 23.3 Å². The molecule has 2 rings (SSSR count). The van der Waals surface area contributed by atoms with E-state index in [2.05, 4.69) is 11.9 Å². The molecule has 1 aliphatic rings. The summed E-state index contributed by atoms with van der Waals surface area (Å²) < 4.78 is 0. The highest BCUT2D eigenvalue weighted by Gasteiger charge is 2.25. The van der Waals surface area contributed by atoms with Gasteiger partial charge in [0.2, 0.25) is 0 Å². The molecule has 0 unspecified atom stereocenters. The highest BCUT2D eigenvalue weighted by atomic mass is 35.5. The molecule has 0 saturated heterocycles. The average Bonchev–Trinajstić information content (AvgIpc) is 2.99. The van der Waals surface area contributed by atoms with Crippen LogP contribution in [-0.2, 0) is 6.42 Å². The molecule has 2 N–H and O–H groups in total. The summed E-state index contributed by atoms with van der Waals surface area (Å²) in [6, 6.07) is 6.59. The minimum absolute atomic E-state index is 0.735. The Morgan fingerprint density at radius 2 is 2.20 bits per heavy atom. The van der Waals surface area contributed by atoms with Gasteiger partial charge in [-0.3, -0.25) is 0 Å². The molecule has 1 aromatic rings. The van der Waals surface area contributed by atoms with Gasteiger partial charge in [0.15, 0.2) is 0 Å². The van der Waals surface area contributed by atoms with E-state index in [0.29, 0.717) is 0 Å². The van der Waals surface area contributed by atoms with Crippen LogP contribution in [0.2, 0.25) is 5.02 Å². The predicted octanol–water partition coefficient (Wildman–Crippen LogP) is 2.56. The predicted molar refractivity (Wildman–Crippen MR) is 65.2 cm³/mol. The van der Waals surface area contributed by atoms with Gasteiger partial charge in [-0.2, -0.15) is 0 Å². The summed E-state index contributed by atoms with van der Waals surface area (Å²) in [4.78, 5) is 2.41. The minimum atomic E-state index is 0.735. The van der Waals surface area contributed by atoms with Gasteiger partial charge >= 0.3 is 0 Å². The lowest BCUT2D eigenvalue weighted by Crippen LogP contribution is -2.23. The van der Waals surface area contributed by atoms with Crippen LogP contribution in [0.1, 0.15) is 18.4 Å². The quantitative estimate of drug-likeness (QED) is 0.797. The van der Waals surface area contributed by atoms with E-state index >= 15 is 0 Å². The Morgan fingerprint density at radius 3 is 2.80 bits per heavy atom. The standard InChI is InChI=1S/C12H17ClN2/c1-15(11-4-5-11)7-6-9-2-3-10(14)8-12(9)13/h2-3,8,11H,4-7,14H2,1H3. The van der Waals surface area contributed by atoms with E-state index in [1.807, 2.05) is 18.2 Å². The molecule has 1 saturated carbocycles. The van der Waals surface area contributed by atoms with Gasteiger partial charge < -0.3 is 10.6 Å². The van der Waals surface area contributed by atoms with Crippen LogP contribution in [0.15, 0.2) is 18.2 Å². The third-order valence-electron chi connectivity index (χ3n) is 2.98. The summed E-state index contributed by atoms with van der Waals surface area (Å²) in [5.41, 5.74) is 7.58. The second-order valence-corrected chi connectivity index (χ2v) is 4.72. The van der Waals surface area contributed by atoms with Crippen LogP contribution in [-0.4, -0.2) is 24.5 Å². The summed E-state index contributed by atoms with van der Waals surface area (Å²) in [5.74, 6) is 0. The summed E-state index contributed by atoms with van der Waals surface area (Å²) in [7, 11) is 2.18. The zero-order valence-corrected chi connectivity index (χ0v) is 9.80. The van der Waals surface area contributed by atoms with Crippen LogP contribution in [0, 0.1) is 0 Å². The summed E-state index contributed by atoms with van der Waals surface area (Å²) in [6.07, 6.45) is 3.71. The molecule has 0 radical (unpaired) electrons. The number of halogens is 1. The average molecular weight is 225 g/mol. The highest BCUT2D eigenvalue weighted by molar-refractivity contribution is 6.31. The topological polar surface area (TPSA) is 29.3 Å². The first kappa shape index (κ1) is 10.8. The Bertz CT molecular complexity index is 347. The van der Waals surface area contributed by atoms with Crippen LogP contribution in [0.4, 0.5) is 5.69 Å². The van der Waals surface area contributed by atoms with Gasteiger partial charge in [-0.15, -0.1) is 0 Å². The molecule has 0 spiro atoms. The molecule has 0 aliphatic heterocycles. The van der Waals surface area contributed by atoms with Crippen molar-refractivity contribution >= 4 is 17.3 Å². The summed E-state index contributed by atoms with van der Waals surface area (Å²) in [5, 5.41) is 0.791. The molecule has 1 aromatic carbocycles. The molecule has 2 nitrogen and oxygen atoms in total. The molecule has 15 heavy (non-hydrogen) atoms. The summed E-state index contributed by atoms with van der Waals surface area (Å²) >= 11 is 6.11. The largest absolute Gasteiger partial charge is 0.399 e. The molecule has 0 atom stereocenters. The maximum absolute atomic E-state index is 6.11. The molecule has 0 aromatic heterocycles. The highest BCUT2D eigenvalue weighted by Crippen LogP contribution is 2.26. The number of hydrogen-bond acceptors (Lipinski definition) is 2. The van der Waals surface area contributed by atoms with Crippen molar-refractivity contribution in [2.24, 2.45) is 0 Å². The van der Waals surface area contributed by atoms with Crippen molar-refractivity contribution in [1.82, 2.24) is 4.90 Å². The van der Waals surface area contributed by atoms with Crippen molar-refractivity contribution in [2.75, 3.05) is 19.3 Å². The van der Waals surface area contributed by atoms with E-state index in [1.54, 1.807) is 0 Å². The molecule has 1 aliphatic carbocycles. The Labute approximate surface area is 96.0 Å². The number of benzene rings is 1. The lowest BCUT2D eigenvalue weighted by atomic mass is 10.1. The maximum Gasteiger partial charge on any atom is 0.0458 e. The number of likely N-dealkylation sites (N-methyl/N-ethyl adjacent to an activating group) is 1. The van der Waals surface area contributed by atoms with Crippen LogP contribution < -0.4 is 5.73 Å². The van der Waals surface area contributed by atoms with Crippen LogP contribution in [0.3, 0.4) is 0 Å². The first-order chi connectivity index (χ1) is 7.16. The van der Waals surface area contributed by atoms with E-state index in [-0.39, 0.29) is 0 Å². The number of nitrogens with two attached hydrogens (primary N) is 1. The van der Waals surface area contributed by atoms with Gasteiger partial charge in [-0.05, 0) is 44.0 Å². The molecule has 3 heteroatoms. The van der Waals surface area contributed by atoms with E-state index in [9.17, 15) is 0 Å². The van der Waals surface area contributed by atoms with Crippen molar-refractivity contribution < 1.29 is 0 Å². The first-order valence-electron chi connectivity index (χ1n) is 5.41. The SMILES string of the molecule is CN(CCc1ccc(N)cc1Cl)C1CC1. The Kier molecular flexibility index (Phi) is 3.17. The minimum Gasteiger partial charge on any atom is -0.399 e. The Hall–Kier alpha value is -0.730. The number of nitrogens with zero attached hydrogens (tertiary/aromatic N) is 1. The molecule has 0 bridgehead atoms. The van der Waals surface area contributed by atoms with E-state index < -0.39 is 0 Å². The van der Waals surface area contributed by atoms with Crippen molar-refractivity contribution in [1.29, 1.82) is 0 Å². The zero-order valence-electron chi connectivity index (χ0n) is 9.04. The van der Waals surface area contributed by atoms with Crippen LogP contribution in [0.25, 0.3) is 0 Å². The fourth-order valence-corrected chi connectivity index (χ4v) is 2.04. The lowest BCUT2D eigenvalue weighted by Gasteiger charge is -2.15. The smallest absolute Gasteiger partial charge is 0.0458 e. The molecular weight excluding hydrogens is 208 g/mol. The van der Waals surface area contributed by atoms with E-state index in [4.69, 9.17) is 17.3 Å². The normalized spacial score (nSPS) is 15.9. The zero-order chi connectivity index (χ0) is 10.8. The molecule has 82 valence electrons. The number of hydrogen-bond donors (Lipinski definition) is 1. The monoisotopic (exact) mass is 224 g/mol. The molecule has 1 fully saturated rings. The second-order valence-electron chi connectivity index (χ2n) is 4.31. The van der Waals surface area contributed by atoms with Crippen LogP contribution in [0.5, 0.6) is 0 Å². The summed E-state index contributed by atoms with van der Waals surface area (Å²) in [6.45, 7) is 1.08. The fraction of sp³-hybridized carbons (Fsp3) is 0.500. The third-order valence-corrected chi connectivity index (χ3v) is 3.33. The third kappa shape index (κ3) is 2.86. The number of anilines is 1. The van der Waals surface area contributed by atoms with Gasteiger partial charge in [0.25, 0.3) is 0 Å². The molecular formula is C12H17ClN2. The number of nitrogen functional groups attached to an aromatic ring is 1. The van der Waals surface area contributed by atoms with Crippen molar-refractivity contribution in [3.63, 3.8) is 0 Å². The lowest BCUT2D eigenvalue weighted by molar-refractivity contribution is 0.328. The van der Waals surface area contributed by atoms with Gasteiger partial charge in [-0.1, -0.05) is 17.7 Å².